The zero-order valence-electron chi connectivity index (χ0n) is 15.8. The number of imide groups is 1. The highest BCUT2D eigenvalue weighted by atomic mass is 79.9. The maximum Gasteiger partial charge on any atom is 0.250 e. The molecule has 6 nitrogen and oxygen atoms in total. The first-order chi connectivity index (χ1) is 14.4. The number of amides is 3. The average Bonchev–Trinajstić information content (AvgIpc) is 3.40. The Morgan fingerprint density at radius 3 is 2.60 bits per heavy atom. The van der Waals surface area contributed by atoms with Gasteiger partial charge in [-0.3, -0.25) is 19.3 Å². The van der Waals surface area contributed by atoms with Crippen LogP contribution < -0.4 is 10.2 Å². The Balaban J connectivity index is 1.57. The van der Waals surface area contributed by atoms with Crippen LogP contribution in [0.2, 0.25) is 0 Å². The normalized spacial score (nSPS) is 32.0. The summed E-state index contributed by atoms with van der Waals surface area (Å²) in [7, 11) is 0. The summed E-state index contributed by atoms with van der Waals surface area (Å²) in [5.41, 5.74) is 0.911. The fourth-order valence-electron chi connectivity index (χ4n) is 6.04. The van der Waals surface area contributed by atoms with Crippen molar-refractivity contribution in [2.45, 2.75) is 24.4 Å². The quantitative estimate of drug-likeness (QED) is 0.571. The number of benzene rings is 2. The van der Waals surface area contributed by atoms with Crippen LogP contribution in [-0.4, -0.2) is 35.2 Å². The number of carbonyl (C=O) groups excluding carboxylic acids is 3. The number of carbonyl (C=O) groups is 3. The highest BCUT2D eigenvalue weighted by Gasteiger charge is 2.74. The van der Waals surface area contributed by atoms with Crippen LogP contribution in [0.15, 0.2) is 51.4 Å². The first-order valence-electron chi connectivity index (χ1n) is 9.96. The second-order valence-corrected chi connectivity index (χ2v) is 10.1. The molecule has 3 fully saturated rings. The van der Waals surface area contributed by atoms with Crippen LogP contribution in [0.5, 0.6) is 0 Å². The van der Waals surface area contributed by atoms with Gasteiger partial charge in [0.25, 0.3) is 0 Å². The predicted octanol–water partition coefficient (Wildman–Crippen LogP) is 3.64. The number of halogens is 2. The van der Waals surface area contributed by atoms with Gasteiger partial charge in [-0.25, -0.2) is 4.90 Å². The van der Waals surface area contributed by atoms with E-state index in [0.717, 1.165) is 33.0 Å². The molecule has 0 aromatic heterocycles. The summed E-state index contributed by atoms with van der Waals surface area (Å²) in [6.45, 7) is 0.703. The molecule has 2 aromatic rings. The lowest BCUT2D eigenvalue weighted by atomic mass is 9.75. The van der Waals surface area contributed by atoms with E-state index in [0.29, 0.717) is 12.2 Å². The van der Waals surface area contributed by atoms with Crippen LogP contribution in [-0.2, 0) is 19.9 Å². The Hall–Kier alpha value is -2.03. The summed E-state index contributed by atoms with van der Waals surface area (Å²) >= 11 is 6.95. The number of nitrogens with zero attached hydrogens (tertiary/aromatic N) is 2. The topological polar surface area (TPSA) is 69.7 Å². The fraction of sp³-hybridized carbons (Fsp3) is 0.318. The fourth-order valence-corrected chi connectivity index (χ4v) is 6.79. The van der Waals surface area contributed by atoms with Gasteiger partial charge in [0, 0.05) is 26.2 Å². The number of fused-ring (bicyclic) bond motifs is 7. The third-order valence-electron chi connectivity index (χ3n) is 7.02. The van der Waals surface area contributed by atoms with Gasteiger partial charge in [0.15, 0.2) is 0 Å². The largest absolute Gasteiger partial charge is 0.324 e. The number of nitrogens with one attached hydrogen (secondary N) is 1. The summed E-state index contributed by atoms with van der Waals surface area (Å²) in [5, 5.41) is 2.99. The molecule has 0 aliphatic carbocycles. The van der Waals surface area contributed by atoms with Crippen molar-refractivity contribution in [1.29, 1.82) is 0 Å². The highest BCUT2D eigenvalue weighted by molar-refractivity contribution is 9.10. The lowest BCUT2D eigenvalue weighted by Gasteiger charge is -2.36. The molecule has 0 saturated carbocycles. The zero-order valence-corrected chi connectivity index (χ0v) is 18.9. The summed E-state index contributed by atoms with van der Waals surface area (Å²) in [6.07, 6.45) is 1.72. The van der Waals surface area contributed by atoms with Crippen LogP contribution >= 0.6 is 31.9 Å². The zero-order chi connectivity index (χ0) is 20.8. The Morgan fingerprint density at radius 1 is 1.00 bits per heavy atom. The lowest BCUT2D eigenvalue weighted by molar-refractivity contribution is -0.135. The number of rotatable bonds is 1. The molecule has 0 bridgehead atoms. The minimum atomic E-state index is -1.14. The van der Waals surface area contributed by atoms with E-state index in [1.165, 1.54) is 4.90 Å². The maximum absolute atomic E-state index is 13.8. The van der Waals surface area contributed by atoms with Crippen molar-refractivity contribution in [3.8, 4) is 0 Å². The Kier molecular flexibility index (Phi) is 3.90. The van der Waals surface area contributed by atoms with E-state index in [1.54, 1.807) is 18.2 Å². The van der Waals surface area contributed by atoms with Crippen molar-refractivity contribution >= 4 is 61.0 Å². The van der Waals surface area contributed by atoms with Crippen molar-refractivity contribution in [2.24, 2.45) is 11.8 Å². The summed E-state index contributed by atoms with van der Waals surface area (Å²) in [5.74, 6) is -1.94. The number of hydrogen-bond acceptors (Lipinski definition) is 4. The second kappa shape index (κ2) is 6.24. The minimum Gasteiger partial charge on any atom is -0.324 e. The monoisotopic (exact) mass is 529 g/mol. The molecule has 4 aliphatic rings. The molecule has 4 heterocycles. The van der Waals surface area contributed by atoms with Gasteiger partial charge in [-0.1, -0.05) is 37.9 Å². The van der Waals surface area contributed by atoms with E-state index < -0.39 is 17.4 Å². The van der Waals surface area contributed by atoms with E-state index >= 15 is 0 Å². The van der Waals surface area contributed by atoms with Crippen molar-refractivity contribution < 1.29 is 14.4 Å². The van der Waals surface area contributed by atoms with Gasteiger partial charge in [-0.2, -0.15) is 0 Å². The Morgan fingerprint density at radius 2 is 1.80 bits per heavy atom. The summed E-state index contributed by atoms with van der Waals surface area (Å²) < 4.78 is 1.64. The van der Waals surface area contributed by atoms with Crippen molar-refractivity contribution in [3.63, 3.8) is 0 Å². The van der Waals surface area contributed by atoms with E-state index in [9.17, 15) is 14.4 Å². The molecule has 3 amide bonds. The molecule has 30 heavy (non-hydrogen) atoms. The molecular weight excluding hydrogens is 514 g/mol. The SMILES string of the molecule is O=C1[C@H]2[C@@H](C(=O)N1c1cccc(Br)c1)[C@]1(C(=O)Nc3ccc(Br)cc31)N1CCC[C@@H]21. The molecule has 2 aromatic carbocycles. The van der Waals surface area contributed by atoms with Gasteiger partial charge in [-0.05, 0) is 55.8 Å². The Labute approximate surface area is 189 Å². The van der Waals surface area contributed by atoms with Gasteiger partial charge in [0.2, 0.25) is 17.7 Å². The molecule has 1 N–H and O–H groups in total. The molecule has 3 saturated heterocycles. The van der Waals surface area contributed by atoms with Gasteiger partial charge in [0.05, 0.1) is 17.5 Å². The first kappa shape index (κ1) is 18.7. The maximum atomic E-state index is 13.8. The standard InChI is InChI=1S/C22H17Br2N3O3/c23-11-3-1-4-13(9-11)27-19(28)17-16-5-2-8-26(16)22(18(17)20(27)29)14-10-12(24)6-7-15(14)25-21(22)30/h1,3-4,6-7,9-10,16-18H,2,5,8H2,(H,25,30)/t16-,17+,18-,22+/m0/s1. The highest BCUT2D eigenvalue weighted by Crippen LogP contribution is 2.60. The van der Waals surface area contributed by atoms with Crippen molar-refractivity contribution in [3.05, 3.63) is 57.0 Å². The van der Waals surface area contributed by atoms with Crippen molar-refractivity contribution in [1.82, 2.24) is 4.90 Å². The molecule has 0 radical (unpaired) electrons. The molecular formula is C22H17Br2N3O3. The molecule has 4 atom stereocenters. The third-order valence-corrected chi connectivity index (χ3v) is 8.01. The average molecular weight is 531 g/mol. The second-order valence-electron chi connectivity index (χ2n) is 8.31. The molecule has 0 unspecified atom stereocenters. The summed E-state index contributed by atoms with van der Waals surface area (Å²) in [6, 6.07) is 12.7. The number of anilines is 2. The first-order valence-corrected chi connectivity index (χ1v) is 11.5. The Bertz CT molecular complexity index is 1150. The molecule has 152 valence electrons. The molecule has 1 spiro atoms. The van der Waals surface area contributed by atoms with Crippen LogP contribution in [0.3, 0.4) is 0 Å². The predicted molar refractivity (Wildman–Crippen MR) is 118 cm³/mol. The minimum absolute atomic E-state index is 0.112. The van der Waals surface area contributed by atoms with E-state index in [4.69, 9.17) is 0 Å². The van der Waals surface area contributed by atoms with Gasteiger partial charge < -0.3 is 5.32 Å². The van der Waals surface area contributed by atoms with Crippen LogP contribution in [0.25, 0.3) is 0 Å². The van der Waals surface area contributed by atoms with E-state index in [1.807, 2.05) is 24.3 Å². The molecule has 6 rings (SSSR count). The van der Waals surface area contributed by atoms with Gasteiger partial charge in [-0.15, -0.1) is 0 Å². The van der Waals surface area contributed by atoms with Crippen molar-refractivity contribution in [2.75, 3.05) is 16.8 Å². The molecule has 8 heteroatoms. The van der Waals surface area contributed by atoms with E-state index in [2.05, 4.69) is 42.1 Å². The van der Waals surface area contributed by atoms with Crippen LogP contribution in [0.1, 0.15) is 18.4 Å². The lowest BCUT2D eigenvalue weighted by Crippen LogP contribution is -2.54. The smallest absolute Gasteiger partial charge is 0.250 e. The third kappa shape index (κ3) is 2.14. The van der Waals surface area contributed by atoms with E-state index in [-0.39, 0.29) is 23.8 Å². The van der Waals surface area contributed by atoms with Gasteiger partial charge >= 0.3 is 0 Å². The van der Waals surface area contributed by atoms with Crippen LogP contribution in [0.4, 0.5) is 11.4 Å². The van der Waals surface area contributed by atoms with Crippen LogP contribution in [0, 0.1) is 11.8 Å². The molecule has 4 aliphatic heterocycles. The number of hydrogen-bond donors (Lipinski definition) is 1. The summed E-state index contributed by atoms with van der Waals surface area (Å²) in [4.78, 5) is 44.4. The van der Waals surface area contributed by atoms with Gasteiger partial charge in [0.1, 0.15) is 5.54 Å².